The molecule has 5 heteroatoms. The second-order valence-electron chi connectivity index (χ2n) is 6.20. The minimum atomic E-state index is 0.554. The van der Waals surface area contributed by atoms with E-state index in [0.717, 1.165) is 40.9 Å². The summed E-state index contributed by atoms with van der Waals surface area (Å²) in [6, 6.07) is 21.9. The molecular weight excluding hydrogens is 445 g/mol. The predicted molar refractivity (Wildman–Crippen MR) is 117 cm³/mol. The summed E-state index contributed by atoms with van der Waals surface area (Å²) in [5.74, 6) is 0.843. The summed E-state index contributed by atoms with van der Waals surface area (Å²) in [6.45, 7) is 2.17. The Labute approximate surface area is 178 Å². The summed E-state index contributed by atoms with van der Waals surface area (Å²) in [5.41, 5.74) is 3.44. The van der Waals surface area contributed by atoms with Gasteiger partial charge in [-0.3, -0.25) is 0 Å². The molecule has 0 atom stereocenters. The quantitative estimate of drug-likeness (QED) is 0.376. The van der Waals surface area contributed by atoms with Gasteiger partial charge in [0.1, 0.15) is 12.4 Å². The van der Waals surface area contributed by atoms with Crippen LogP contribution in [0.25, 0.3) is 0 Å². The summed E-state index contributed by atoms with van der Waals surface area (Å²) < 4.78 is 6.85. The van der Waals surface area contributed by atoms with Gasteiger partial charge in [0.15, 0.2) is 0 Å². The van der Waals surface area contributed by atoms with E-state index in [1.807, 2.05) is 36.4 Å². The van der Waals surface area contributed by atoms with Crippen LogP contribution < -0.4 is 10.1 Å². The molecule has 0 aliphatic rings. The van der Waals surface area contributed by atoms with Crippen LogP contribution in [-0.2, 0) is 19.6 Å². The van der Waals surface area contributed by atoms with Crippen molar-refractivity contribution >= 4 is 39.1 Å². The minimum absolute atomic E-state index is 0.554. The summed E-state index contributed by atoms with van der Waals surface area (Å²) in [7, 11) is 0. The molecule has 2 nitrogen and oxygen atoms in total. The summed E-state index contributed by atoms with van der Waals surface area (Å²) in [6.07, 6.45) is 0.857. The topological polar surface area (TPSA) is 21.3 Å². The Balaban J connectivity index is 1.47. The third-order valence-electron chi connectivity index (χ3n) is 4.15. The lowest BCUT2D eigenvalue weighted by Crippen LogP contribution is -2.16. The molecule has 27 heavy (non-hydrogen) atoms. The zero-order valence-corrected chi connectivity index (χ0v) is 17.8. The van der Waals surface area contributed by atoms with Crippen molar-refractivity contribution in [1.29, 1.82) is 0 Å². The van der Waals surface area contributed by atoms with Gasteiger partial charge in [-0.1, -0.05) is 65.7 Å². The first-order valence-corrected chi connectivity index (χ1v) is 10.3. The molecule has 0 saturated heterocycles. The van der Waals surface area contributed by atoms with Gasteiger partial charge in [-0.25, -0.2) is 0 Å². The van der Waals surface area contributed by atoms with Crippen LogP contribution in [0.3, 0.4) is 0 Å². The van der Waals surface area contributed by atoms with Crippen LogP contribution in [0.15, 0.2) is 71.2 Å². The molecule has 0 fully saturated rings. The minimum Gasteiger partial charge on any atom is -0.488 e. The van der Waals surface area contributed by atoms with E-state index in [1.165, 1.54) is 5.56 Å². The molecule has 3 rings (SSSR count). The molecule has 0 saturated carbocycles. The SMILES string of the molecule is Clc1ccc(CCNCc2ccc(OCc3ccccc3)c(Br)c2)c(Cl)c1. The van der Waals surface area contributed by atoms with Gasteiger partial charge in [0.05, 0.1) is 4.47 Å². The van der Waals surface area contributed by atoms with Crippen molar-refractivity contribution in [2.24, 2.45) is 0 Å². The van der Waals surface area contributed by atoms with Crippen LogP contribution in [0, 0.1) is 0 Å². The zero-order chi connectivity index (χ0) is 19.1. The molecule has 0 unspecified atom stereocenters. The van der Waals surface area contributed by atoms with Crippen molar-refractivity contribution in [3.8, 4) is 5.75 Å². The van der Waals surface area contributed by atoms with Gasteiger partial charge in [-0.05, 0) is 69.9 Å². The molecule has 0 aliphatic carbocycles. The van der Waals surface area contributed by atoms with Crippen molar-refractivity contribution in [2.45, 2.75) is 19.6 Å². The Hall–Kier alpha value is -1.52. The molecule has 3 aromatic carbocycles. The van der Waals surface area contributed by atoms with E-state index in [2.05, 4.69) is 45.5 Å². The lowest BCUT2D eigenvalue weighted by atomic mass is 10.1. The second kappa shape index (κ2) is 10.1. The van der Waals surface area contributed by atoms with Crippen molar-refractivity contribution in [1.82, 2.24) is 5.32 Å². The van der Waals surface area contributed by atoms with E-state index in [4.69, 9.17) is 27.9 Å². The van der Waals surface area contributed by atoms with Crippen molar-refractivity contribution in [3.63, 3.8) is 0 Å². The first-order valence-electron chi connectivity index (χ1n) is 8.71. The van der Waals surface area contributed by atoms with Crippen molar-refractivity contribution < 1.29 is 4.74 Å². The van der Waals surface area contributed by atoms with E-state index in [-0.39, 0.29) is 0 Å². The number of rotatable bonds is 8. The maximum atomic E-state index is 6.21. The Kier molecular flexibility index (Phi) is 7.59. The van der Waals surface area contributed by atoms with Gasteiger partial charge < -0.3 is 10.1 Å². The van der Waals surface area contributed by atoms with Gasteiger partial charge in [0.25, 0.3) is 0 Å². The van der Waals surface area contributed by atoms with Gasteiger partial charge in [0.2, 0.25) is 0 Å². The molecular formula is C22H20BrCl2NO. The Morgan fingerprint density at radius 1 is 0.889 bits per heavy atom. The lowest BCUT2D eigenvalue weighted by Gasteiger charge is -2.11. The van der Waals surface area contributed by atoms with E-state index in [9.17, 15) is 0 Å². The van der Waals surface area contributed by atoms with E-state index in [0.29, 0.717) is 16.7 Å². The molecule has 0 radical (unpaired) electrons. The number of hydrogen-bond donors (Lipinski definition) is 1. The van der Waals surface area contributed by atoms with Gasteiger partial charge in [-0.2, -0.15) is 0 Å². The molecule has 0 spiro atoms. The number of hydrogen-bond acceptors (Lipinski definition) is 2. The Morgan fingerprint density at radius 2 is 1.70 bits per heavy atom. The van der Waals surface area contributed by atoms with Crippen LogP contribution in [0.4, 0.5) is 0 Å². The van der Waals surface area contributed by atoms with Gasteiger partial charge >= 0.3 is 0 Å². The third kappa shape index (κ3) is 6.25. The highest BCUT2D eigenvalue weighted by Crippen LogP contribution is 2.27. The maximum absolute atomic E-state index is 6.21. The highest BCUT2D eigenvalue weighted by Gasteiger charge is 2.05. The molecule has 140 valence electrons. The molecule has 0 aromatic heterocycles. The fourth-order valence-electron chi connectivity index (χ4n) is 2.69. The first-order chi connectivity index (χ1) is 13.1. The molecule has 0 heterocycles. The average molecular weight is 465 g/mol. The fraction of sp³-hybridized carbons (Fsp3) is 0.182. The zero-order valence-electron chi connectivity index (χ0n) is 14.7. The Bertz CT molecular complexity index is 887. The molecule has 1 N–H and O–H groups in total. The Morgan fingerprint density at radius 3 is 2.44 bits per heavy atom. The normalized spacial score (nSPS) is 10.8. The van der Waals surface area contributed by atoms with E-state index >= 15 is 0 Å². The molecule has 0 aliphatic heterocycles. The summed E-state index contributed by atoms with van der Waals surface area (Å²) in [4.78, 5) is 0. The molecule has 3 aromatic rings. The fourth-order valence-corrected chi connectivity index (χ4v) is 3.73. The standard InChI is InChI=1S/C22H20BrCl2NO/c23-20-12-17(6-9-22(20)27-15-16-4-2-1-3-5-16)14-26-11-10-18-7-8-19(24)13-21(18)25/h1-9,12-13,26H,10-11,14-15H2. The van der Waals surface area contributed by atoms with Crippen LogP contribution in [-0.4, -0.2) is 6.54 Å². The van der Waals surface area contributed by atoms with Gasteiger partial charge in [0, 0.05) is 16.6 Å². The van der Waals surface area contributed by atoms with E-state index in [1.54, 1.807) is 6.07 Å². The first kappa shape index (κ1) is 20.2. The van der Waals surface area contributed by atoms with Crippen molar-refractivity contribution in [2.75, 3.05) is 6.54 Å². The summed E-state index contributed by atoms with van der Waals surface area (Å²) >= 11 is 15.7. The average Bonchev–Trinajstić information content (AvgIpc) is 2.67. The highest BCUT2D eigenvalue weighted by molar-refractivity contribution is 9.10. The van der Waals surface area contributed by atoms with E-state index < -0.39 is 0 Å². The second-order valence-corrected chi connectivity index (χ2v) is 7.90. The van der Waals surface area contributed by atoms with Crippen LogP contribution >= 0.6 is 39.1 Å². The maximum Gasteiger partial charge on any atom is 0.134 e. The monoisotopic (exact) mass is 463 g/mol. The van der Waals surface area contributed by atoms with Gasteiger partial charge in [-0.15, -0.1) is 0 Å². The van der Waals surface area contributed by atoms with Crippen molar-refractivity contribution in [3.05, 3.63) is 97.9 Å². The van der Waals surface area contributed by atoms with Crippen LogP contribution in [0.1, 0.15) is 16.7 Å². The highest BCUT2D eigenvalue weighted by atomic mass is 79.9. The lowest BCUT2D eigenvalue weighted by molar-refractivity contribution is 0.304. The molecule has 0 amide bonds. The third-order valence-corrected chi connectivity index (χ3v) is 5.36. The number of benzene rings is 3. The largest absolute Gasteiger partial charge is 0.488 e. The number of halogens is 3. The smallest absolute Gasteiger partial charge is 0.134 e. The van der Waals surface area contributed by atoms with Crippen LogP contribution in [0.2, 0.25) is 10.0 Å². The predicted octanol–water partition coefficient (Wildman–Crippen LogP) is 6.67. The number of nitrogens with one attached hydrogen (secondary N) is 1. The van der Waals surface area contributed by atoms with Crippen LogP contribution in [0.5, 0.6) is 5.75 Å². The summed E-state index contributed by atoms with van der Waals surface area (Å²) in [5, 5.41) is 4.82. The number of ether oxygens (including phenoxy) is 1. The molecule has 0 bridgehead atoms.